The van der Waals surface area contributed by atoms with Crippen molar-refractivity contribution in [3.05, 3.63) is 35.9 Å². The van der Waals surface area contributed by atoms with E-state index in [0.29, 0.717) is 6.42 Å². The highest BCUT2D eigenvalue weighted by Crippen LogP contribution is 2.00. The number of aliphatic hydroxyl groups excluding tert-OH is 1. The molecule has 0 aromatic heterocycles. The smallest absolute Gasteiger partial charge is 0.226 e. The maximum absolute atomic E-state index is 11.1. The number of aliphatic hydroxyl groups is 1. The van der Waals surface area contributed by atoms with E-state index in [-0.39, 0.29) is 5.91 Å². The third-order valence-electron chi connectivity index (χ3n) is 1.49. The van der Waals surface area contributed by atoms with Crippen LogP contribution in [-0.2, 0) is 11.2 Å². The van der Waals surface area contributed by atoms with Gasteiger partial charge in [0.1, 0.15) is 0 Å². The molecule has 1 rings (SSSR count). The average molecular weight is 291 g/mol. The summed E-state index contributed by atoms with van der Waals surface area (Å²) in [5.41, 5.74) is 0.942. The Hall–Kier alpha value is -0.620. The van der Waals surface area contributed by atoms with Gasteiger partial charge in [-0.1, -0.05) is 30.3 Å². The number of benzene rings is 1. The Balaban J connectivity index is 2.46. The highest BCUT2D eigenvalue weighted by Gasteiger charge is 2.04. The largest absolute Gasteiger partial charge is 0.365 e. The summed E-state index contributed by atoms with van der Waals surface area (Å²) in [4.78, 5) is 11.1. The predicted octanol–water partition coefficient (Wildman–Crippen LogP) is 1.06. The molecule has 1 aromatic rings. The molecular weight excluding hydrogens is 281 g/mol. The van der Waals surface area contributed by atoms with Gasteiger partial charge in [-0.25, -0.2) is 0 Å². The van der Waals surface area contributed by atoms with E-state index >= 15 is 0 Å². The lowest BCUT2D eigenvalue weighted by atomic mass is 10.1. The van der Waals surface area contributed by atoms with Gasteiger partial charge in [0.25, 0.3) is 0 Å². The molecule has 0 aliphatic carbocycles. The molecule has 13 heavy (non-hydrogen) atoms. The quantitative estimate of drug-likeness (QED) is 0.378. The Morgan fingerprint density at radius 2 is 2.08 bits per heavy atom. The minimum absolute atomic E-state index is 0.173. The fraction of sp³-hybridized carbons (Fsp3) is 0.222. The molecule has 1 atom stereocenters. The molecule has 1 amide bonds. The number of carbonyl (C=O) groups excluding carboxylic acids is 1. The van der Waals surface area contributed by atoms with E-state index in [1.165, 1.54) is 0 Å². The van der Waals surface area contributed by atoms with Crippen LogP contribution in [-0.4, -0.2) is 15.2 Å². The molecule has 0 heterocycles. The Bertz CT molecular complexity index is 274. The van der Waals surface area contributed by atoms with E-state index in [4.69, 9.17) is 5.11 Å². The van der Waals surface area contributed by atoms with Gasteiger partial charge >= 0.3 is 0 Å². The number of halogens is 1. The van der Waals surface area contributed by atoms with Gasteiger partial charge in [0.15, 0.2) is 4.23 Å². The lowest BCUT2D eigenvalue weighted by Crippen LogP contribution is -2.31. The van der Waals surface area contributed by atoms with E-state index in [0.717, 1.165) is 5.56 Å². The summed E-state index contributed by atoms with van der Waals surface area (Å²) in [5, 5.41) is 11.3. The molecule has 1 unspecified atom stereocenters. The number of rotatable bonds is 3. The van der Waals surface area contributed by atoms with Crippen LogP contribution in [0.3, 0.4) is 0 Å². The summed E-state index contributed by atoms with van der Waals surface area (Å²) in [6, 6.07) is 9.40. The summed E-state index contributed by atoms with van der Waals surface area (Å²) in [6.45, 7) is 0. The summed E-state index contributed by atoms with van der Waals surface area (Å²) in [6.07, 6.45) is 0.306. The molecule has 70 valence electrons. The molecule has 4 heteroatoms. The van der Waals surface area contributed by atoms with Crippen molar-refractivity contribution < 1.29 is 9.90 Å². The van der Waals surface area contributed by atoms with Crippen molar-refractivity contribution in [3.63, 3.8) is 0 Å². The topological polar surface area (TPSA) is 49.3 Å². The molecular formula is C9H10INO2. The third kappa shape index (κ3) is 4.23. The van der Waals surface area contributed by atoms with Crippen LogP contribution in [0.4, 0.5) is 0 Å². The Labute approximate surface area is 90.3 Å². The van der Waals surface area contributed by atoms with Gasteiger partial charge in [0, 0.05) is 0 Å². The molecule has 0 radical (unpaired) electrons. The van der Waals surface area contributed by atoms with Gasteiger partial charge in [-0.3, -0.25) is 4.79 Å². The summed E-state index contributed by atoms with van der Waals surface area (Å²) < 4.78 is -0.811. The van der Waals surface area contributed by atoms with E-state index in [1.54, 1.807) is 22.6 Å². The van der Waals surface area contributed by atoms with Crippen LogP contribution >= 0.6 is 22.6 Å². The van der Waals surface area contributed by atoms with Crippen LogP contribution in [0.2, 0.25) is 0 Å². The normalized spacial score (nSPS) is 12.2. The van der Waals surface area contributed by atoms with Crippen LogP contribution < -0.4 is 5.32 Å². The predicted molar refractivity (Wildman–Crippen MR) is 58.3 cm³/mol. The molecule has 0 spiro atoms. The first-order valence-electron chi connectivity index (χ1n) is 3.84. The molecule has 2 N–H and O–H groups in total. The second-order valence-electron chi connectivity index (χ2n) is 2.57. The zero-order valence-corrected chi connectivity index (χ0v) is 9.06. The van der Waals surface area contributed by atoms with Crippen molar-refractivity contribution in [2.45, 2.75) is 10.7 Å². The number of amides is 1. The fourth-order valence-electron chi connectivity index (χ4n) is 0.965. The average Bonchev–Trinajstić information content (AvgIpc) is 2.04. The Morgan fingerprint density at radius 3 is 2.62 bits per heavy atom. The second-order valence-corrected chi connectivity index (χ2v) is 3.75. The minimum atomic E-state index is -0.811. The SMILES string of the molecule is O=C(Cc1ccccc1)NC(O)I. The van der Waals surface area contributed by atoms with Crippen LogP contribution in [0.1, 0.15) is 5.56 Å². The molecule has 0 bridgehead atoms. The molecule has 0 saturated carbocycles. The van der Waals surface area contributed by atoms with Gasteiger partial charge in [0.05, 0.1) is 6.42 Å². The van der Waals surface area contributed by atoms with E-state index in [1.807, 2.05) is 30.3 Å². The Kier molecular flexibility index (Phi) is 4.17. The monoisotopic (exact) mass is 291 g/mol. The number of carbonyl (C=O) groups is 1. The fourth-order valence-corrected chi connectivity index (χ4v) is 1.31. The maximum Gasteiger partial charge on any atom is 0.226 e. The van der Waals surface area contributed by atoms with Gasteiger partial charge in [-0.05, 0) is 28.2 Å². The van der Waals surface area contributed by atoms with Gasteiger partial charge < -0.3 is 10.4 Å². The lowest BCUT2D eigenvalue weighted by Gasteiger charge is -2.05. The zero-order valence-electron chi connectivity index (χ0n) is 6.90. The van der Waals surface area contributed by atoms with E-state index in [2.05, 4.69) is 5.32 Å². The molecule has 0 aliphatic rings. The number of hydrogen-bond acceptors (Lipinski definition) is 2. The molecule has 0 aliphatic heterocycles. The van der Waals surface area contributed by atoms with Gasteiger partial charge in [0.2, 0.25) is 5.91 Å². The molecule has 1 aromatic carbocycles. The molecule has 3 nitrogen and oxygen atoms in total. The van der Waals surface area contributed by atoms with Crippen molar-refractivity contribution in [3.8, 4) is 0 Å². The highest BCUT2D eigenvalue weighted by atomic mass is 127. The number of hydrogen-bond donors (Lipinski definition) is 2. The molecule has 0 fully saturated rings. The first kappa shape index (κ1) is 10.5. The highest BCUT2D eigenvalue weighted by molar-refractivity contribution is 14.1. The standard InChI is InChI=1S/C9H10INO2/c10-9(13)11-8(12)6-7-4-2-1-3-5-7/h1-5,9,13H,6H2,(H,11,12). The van der Waals surface area contributed by atoms with Crippen LogP contribution in [0, 0.1) is 0 Å². The first-order chi connectivity index (χ1) is 6.18. The summed E-state index contributed by atoms with van der Waals surface area (Å²) in [7, 11) is 0. The number of nitrogens with one attached hydrogen (secondary N) is 1. The maximum atomic E-state index is 11.1. The zero-order chi connectivity index (χ0) is 9.68. The van der Waals surface area contributed by atoms with Crippen molar-refractivity contribution >= 4 is 28.5 Å². The van der Waals surface area contributed by atoms with Crippen molar-refractivity contribution in [2.24, 2.45) is 0 Å². The minimum Gasteiger partial charge on any atom is -0.365 e. The van der Waals surface area contributed by atoms with E-state index < -0.39 is 4.23 Å². The van der Waals surface area contributed by atoms with Crippen LogP contribution in [0.5, 0.6) is 0 Å². The van der Waals surface area contributed by atoms with Crippen molar-refractivity contribution in [1.29, 1.82) is 0 Å². The lowest BCUT2D eigenvalue weighted by molar-refractivity contribution is -0.121. The van der Waals surface area contributed by atoms with E-state index in [9.17, 15) is 4.79 Å². The number of alkyl halides is 1. The first-order valence-corrected chi connectivity index (χ1v) is 5.08. The second kappa shape index (κ2) is 5.18. The Morgan fingerprint density at radius 1 is 1.46 bits per heavy atom. The van der Waals surface area contributed by atoms with Crippen LogP contribution in [0.15, 0.2) is 30.3 Å². The van der Waals surface area contributed by atoms with Crippen LogP contribution in [0.25, 0.3) is 0 Å². The third-order valence-corrected chi connectivity index (χ3v) is 1.80. The van der Waals surface area contributed by atoms with Crippen molar-refractivity contribution in [1.82, 2.24) is 5.32 Å². The van der Waals surface area contributed by atoms with Crippen molar-refractivity contribution in [2.75, 3.05) is 0 Å². The van der Waals surface area contributed by atoms with Gasteiger partial charge in [-0.15, -0.1) is 0 Å². The summed E-state index contributed by atoms with van der Waals surface area (Å²) in [5.74, 6) is -0.173. The molecule has 0 saturated heterocycles. The van der Waals surface area contributed by atoms with Gasteiger partial charge in [-0.2, -0.15) is 0 Å². The summed E-state index contributed by atoms with van der Waals surface area (Å²) >= 11 is 1.72.